The highest BCUT2D eigenvalue weighted by Crippen LogP contribution is 2.43. The first-order chi connectivity index (χ1) is 14.5. The highest BCUT2D eigenvalue weighted by atomic mass is 35.5. The summed E-state index contributed by atoms with van der Waals surface area (Å²) in [7, 11) is 2.09. The zero-order valence-corrected chi connectivity index (χ0v) is 18.3. The van der Waals surface area contributed by atoms with Gasteiger partial charge in [-0.1, -0.05) is 35.3 Å². The molecule has 156 valence electrons. The molecule has 4 nitrogen and oxygen atoms in total. The number of fused-ring (bicyclic) bond motifs is 3. The van der Waals surface area contributed by atoms with E-state index in [-0.39, 0.29) is 16.8 Å². The Labute approximate surface area is 185 Å². The lowest BCUT2D eigenvalue weighted by molar-refractivity contribution is 0.315. The number of rotatable bonds is 2. The Morgan fingerprint density at radius 2 is 1.73 bits per heavy atom. The van der Waals surface area contributed by atoms with Crippen LogP contribution in [0.25, 0.3) is 5.69 Å². The first kappa shape index (κ1) is 20.0. The van der Waals surface area contributed by atoms with E-state index in [1.54, 1.807) is 6.07 Å². The molecule has 0 radical (unpaired) electrons. The zero-order chi connectivity index (χ0) is 20.8. The van der Waals surface area contributed by atoms with Gasteiger partial charge in [0.1, 0.15) is 11.6 Å². The molecule has 2 aliphatic rings. The summed E-state index contributed by atoms with van der Waals surface area (Å²) in [6, 6.07) is 11.2. The molecule has 3 aromatic rings. The van der Waals surface area contributed by atoms with Gasteiger partial charge in [0.05, 0.1) is 17.3 Å². The van der Waals surface area contributed by atoms with Crippen molar-refractivity contribution < 1.29 is 4.39 Å². The van der Waals surface area contributed by atoms with Gasteiger partial charge in [0.15, 0.2) is 5.82 Å². The normalized spacial score (nSPS) is 21.7. The minimum atomic E-state index is -0.335. The Hall–Kier alpha value is -1.95. The van der Waals surface area contributed by atoms with Gasteiger partial charge in [0.2, 0.25) is 0 Å². The Morgan fingerprint density at radius 1 is 0.967 bits per heavy atom. The fraction of sp³-hybridized carbons (Fsp3) is 0.391. The summed E-state index contributed by atoms with van der Waals surface area (Å²) >= 11 is 12.5. The van der Waals surface area contributed by atoms with Crippen LogP contribution in [0, 0.1) is 5.82 Å². The molecule has 0 N–H and O–H groups in total. The second-order valence-electron chi connectivity index (χ2n) is 8.45. The molecule has 1 aliphatic carbocycles. The average Bonchev–Trinajstić information content (AvgIpc) is 3.07. The van der Waals surface area contributed by atoms with Gasteiger partial charge < -0.3 is 0 Å². The molecule has 1 aromatic heterocycles. The average molecular weight is 445 g/mol. The van der Waals surface area contributed by atoms with Crippen LogP contribution in [0.1, 0.15) is 60.3 Å². The van der Waals surface area contributed by atoms with Crippen LogP contribution < -0.4 is 0 Å². The summed E-state index contributed by atoms with van der Waals surface area (Å²) in [5, 5.41) is 10.2. The van der Waals surface area contributed by atoms with Crippen LogP contribution in [0.5, 0.6) is 0 Å². The predicted octanol–water partition coefficient (Wildman–Crippen LogP) is 6.10. The number of hydrogen-bond donors (Lipinski definition) is 0. The third kappa shape index (κ3) is 3.53. The third-order valence-corrected chi connectivity index (χ3v) is 7.04. The second kappa shape index (κ2) is 7.95. The summed E-state index contributed by atoms with van der Waals surface area (Å²) in [6.45, 7) is 1.57. The van der Waals surface area contributed by atoms with Gasteiger partial charge >= 0.3 is 0 Å². The van der Waals surface area contributed by atoms with E-state index in [0.29, 0.717) is 5.92 Å². The summed E-state index contributed by atoms with van der Waals surface area (Å²) in [6.07, 6.45) is 3.88. The van der Waals surface area contributed by atoms with Gasteiger partial charge in [-0.05, 0) is 74.0 Å². The van der Waals surface area contributed by atoms with Crippen LogP contribution >= 0.6 is 23.2 Å². The molecule has 0 bridgehead atoms. The maximum atomic E-state index is 13.9. The van der Waals surface area contributed by atoms with Crippen molar-refractivity contribution in [3.05, 3.63) is 75.0 Å². The molecule has 0 spiro atoms. The van der Waals surface area contributed by atoms with Crippen molar-refractivity contribution >= 4 is 23.2 Å². The first-order valence-electron chi connectivity index (χ1n) is 10.4. The van der Waals surface area contributed by atoms with Crippen LogP contribution in [-0.4, -0.2) is 26.7 Å². The van der Waals surface area contributed by atoms with Crippen molar-refractivity contribution in [3.8, 4) is 5.69 Å². The molecular weight excluding hydrogens is 422 g/mol. The molecule has 0 amide bonds. The third-order valence-electron chi connectivity index (χ3n) is 6.40. The van der Waals surface area contributed by atoms with Crippen molar-refractivity contribution in [2.75, 3.05) is 7.05 Å². The number of hydrogen-bond acceptors (Lipinski definition) is 3. The van der Waals surface area contributed by atoms with E-state index in [0.717, 1.165) is 66.7 Å². The molecule has 30 heavy (non-hydrogen) atoms. The summed E-state index contributed by atoms with van der Waals surface area (Å²) < 4.78 is 16.1. The molecular formula is C23H23Cl2FN4. The van der Waals surface area contributed by atoms with E-state index in [2.05, 4.69) is 32.8 Å². The van der Waals surface area contributed by atoms with Crippen molar-refractivity contribution in [2.24, 2.45) is 0 Å². The number of halogens is 3. The minimum Gasteiger partial charge on any atom is -0.295 e. The van der Waals surface area contributed by atoms with Crippen molar-refractivity contribution in [1.29, 1.82) is 0 Å². The van der Waals surface area contributed by atoms with E-state index < -0.39 is 0 Å². The fourth-order valence-electron chi connectivity index (χ4n) is 4.94. The van der Waals surface area contributed by atoms with Crippen molar-refractivity contribution in [2.45, 2.75) is 50.6 Å². The molecule has 2 heterocycles. The fourth-order valence-corrected chi connectivity index (χ4v) is 5.42. The highest BCUT2D eigenvalue weighted by molar-refractivity contribution is 6.31. The number of aromatic nitrogens is 3. The lowest BCUT2D eigenvalue weighted by Crippen LogP contribution is -2.17. The van der Waals surface area contributed by atoms with E-state index in [1.165, 1.54) is 11.6 Å². The first-order valence-corrected chi connectivity index (χ1v) is 11.1. The second-order valence-corrected chi connectivity index (χ2v) is 9.26. The summed E-state index contributed by atoms with van der Waals surface area (Å²) in [5.41, 5.74) is 3.23. The van der Waals surface area contributed by atoms with Crippen LogP contribution in [0.2, 0.25) is 10.0 Å². The summed E-state index contributed by atoms with van der Waals surface area (Å²) in [5.74, 6) is 2.25. The molecule has 0 saturated heterocycles. The topological polar surface area (TPSA) is 34.0 Å². The van der Waals surface area contributed by atoms with Gasteiger partial charge in [-0.2, -0.15) is 0 Å². The summed E-state index contributed by atoms with van der Waals surface area (Å²) in [4.78, 5) is 2.23. The van der Waals surface area contributed by atoms with Crippen LogP contribution in [-0.2, 0) is 13.1 Å². The predicted molar refractivity (Wildman–Crippen MR) is 117 cm³/mol. The standard InChI is InChI=1S/C23H23Cl2FN4/c1-29-12-16-11-17(24)9-10-20(16)30-21(13-29)27-28-23(30)15-7-5-14(6-8-15)18-3-2-4-19(26)22(18)25/h2-4,9-11,14-15H,5-8,12-13H2,1H3/t14-,15-. The van der Waals surface area contributed by atoms with Gasteiger partial charge in [-0.15, -0.1) is 10.2 Å². The maximum Gasteiger partial charge on any atom is 0.151 e. The molecule has 0 atom stereocenters. The van der Waals surface area contributed by atoms with E-state index in [4.69, 9.17) is 23.2 Å². The SMILES string of the molecule is CN1Cc2cc(Cl)ccc2-n2c(nnc2[C@H]2CC[C@H](c3cccc(F)c3Cl)CC2)C1. The van der Waals surface area contributed by atoms with Gasteiger partial charge in [0, 0.05) is 17.5 Å². The Morgan fingerprint density at radius 3 is 2.53 bits per heavy atom. The smallest absolute Gasteiger partial charge is 0.151 e. The van der Waals surface area contributed by atoms with E-state index >= 15 is 0 Å². The quantitative estimate of drug-likeness (QED) is 0.478. The molecule has 1 saturated carbocycles. The van der Waals surface area contributed by atoms with Gasteiger partial charge in [0.25, 0.3) is 0 Å². The molecule has 7 heteroatoms. The van der Waals surface area contributed by atoms with Crippen molar-refractivity contribution in [3.63, 3.8) is 0 Å². The molecule has 1 fully saturated rings. The van der Waals surface area contributed by atoms with Gasteiger partial charge in [-0.3, -0.25) is 9.47 Å². The molecule has 0 unspecified atom stereocenters. The Bertz CT molecular complexity index is 1090. The van der Waals surface area contributed by atoms with Crippen LogP contribution in [0.3, 0.4) is 0 Å². The van der Waals surface area contributed by atoms with Crippen molar-refractivity contribution in [1.82, 2.24) is 19.7 Å². The lowest BCUT2D eigenvalue weighted by Gasteiger charge is -2.29. The molecule has 1 aliphatic heterocycles. The largest absolute Gasteiger partial charge is 0.295 e. The number of benzene rings is 2. The van der Waals surface area contributed by atoms with Crippen LogP contribution in [0.4, 0.5) is 4.39 Å². The highest BCUT2D eigenvalue weighted by Gasteiger charge is 2.31. The van der Waals surface area contributed by atoms with E-state index in [1.807, 2.05) is 18.2 Å². The monoisotopic (exact) mass is 444 g/mol. The molecule has 2 aromatic carbocycles. The molecule has 5 rings (SSSR count). The minimum absolute atomic E-state index is 0.270. The van der Waals surface area contributed by atoms with Gasteiger partial charge in [-0.25, -0.2) is 4.39 Å². The zero-order valence-electron chi connectivity index (χ0n) is 16.8. The van der Waals surface area contributed by atoms with E-state index in [9.17, 15) is 4.39 Å². The Balaban J connectivity index is 1.44. The van der Waals surface area contributed by atoms with Crippen LogP contribution in [0.15, 0.2) is 36.4 Å². The maximum absolute atomic E-state index is 13.9. The number of nitrogens with zero attached hydrogens (tertiary/aromatic N) is 4. The lowest BCUT2D eigenvalue weighted by atomic mass is 9.78. The Kier molecular flexibility index (Phi) is 5.30.